The molecule has 0 bridgehead atoms. The minimum atomic E-state index is 0.518. The van der Waals surface area contributed by atoms with Gasteiger partial charge in [0.05, 0.1) is 11.6 Å². The van der Waals surface area contributed by atoms with Gasteiger partial charge < -0.3 is 4.57 Å². The largest absolute Gasteiger partial charge is 0.308 e. The van der Waals surface area contributed by atoms with Crippen molar-refractivity contribution in [2.45, 2.75) is 13.0 Å². The van der Waals surface area contributed by atoms with E-state index in [1.165, 1.54) is 0 Å². The number of fused-ring (bicyclic) bond motifs is 1. The Bertz CT molecular complexity index is 725. The summed E-state index contributed by atoms with van der Waals surface area (Å²) >= 11 is 11.8. The van der Waals surface area contributed by atoms with Crippen LogP contribution in [0, 0.1) is 0 Å². The summed E-state index contributed by atoms with van der Waals surface area (Å²) in [4.78, 5) is 13.1. The summed E-state index contributed by atoms with van der Waals surface area (Å²) in [7, 11) is 0. The standard InChI is InChI=1S/C14H12Cl2N4/c15-4-3-13-19-12-6-11(16)8-18-14(12)20(13)9-10-2-1-5-17-7-10/h1-2,5-8H,3-4,9H2. The lowest BCUT2D eigenvalue weighted by atomic mass is 10.3. The lowest BCUT2D eigenvalue weighted by Crippen LogP contribution is -2.06. The van der Waals surface area contributed by atoms with E-state index in [4.69, 9.17) is 23.2 Å². The zero-order valence-electron chi connectivity index (χ0n) is 10.6. The molecule has 0 amide bonds. The van der Waals surface area contributed by atoms with E-state index in [-0.39, 0.29) is 0 Å². The molecule has 20 heavy (non-hydrogen) atoms. The number of alkyl halides is 1. The van der Waals surface area contributed by atoms with E-state index < -0.39 is 0 Å². The molecule has 0 aliphatic heterocycles. The molecule has 3 rings (SSSR count). The maximum Gasteiger partial charge on any atom is 0.160 e. The number of halogens is 2. The third-order valence-electron chi connectivity index (χ3n) is 3.01. The van der Waals surface area contributed by atoms with Gasteiger partial charge in [-0.25, -0.2) is 9.97 Å². The Labute approximate surface area is 126 Å². The number of rotatable bonds is 4. The molecule has 0 spiro atoms. The molecule has 0 radical (unpaired) electrons. The third kappa shape index (κ3) is 2.62. The van der Waals surface area contributed by atoms with Crippen molar-refractivity contribution < 1.29 is 0 Å². The maximum absolute atomic E-state index is 5.97. The van der Waals surface area contributed by atoms with Gasteiger partial charge in [0.2, 0.25) is 0 Å². The highest BCUT2D eigenvalue weighted by atomic mass is 35.5. The molecule has 0 aliphatic rings. The Kier molecular flexibility index (Phi) is 3.85. The summed E-state index contributed by atoms with van der Waals surface area (Å²) in [5, 5.41) is 0.584. The Morgan fingerprint density at radius 1 is 1.25 bits per heavy atom. The van der Waals surface area contributed by atoms with Gasteiger partial charge in [-0.05, 0) is 17.7 Å². The van der Waals surface area contributed by atoms with Crippen LogP contribution < -0.4 is 0 Å². The van der Waals surface area contributed by atoms with E-state index in [1.54, 1.807) is 12.4 Å². The quantitative estimate of drug-likeness (QED) is 0.695. The van der Waals surface area contributed by atoms with Crippen LogP contribution in [-0.2, 0) is 13.0 Å². The van der Waals surface area contributed by atoms with Crippen molar-refractivity contribution in [2.75, 3.05) is 5.88 Å². The molecule has 102 valence electrons. The molecule has 6 heteroatoms. The van der Waals surface area contributed by atoms with Gasteiger partial charge in [-0.15, -0.1) is 11.6 Å². The van der Waals surface area contributed by atoms with Crippen LogP contribution in [0.25, 0.3) is 11.2 Å². The minimum absolute atomic E-state index is 0.518. The van der Waals surface area contributed by atoms with E-state index in [0.717, 1.165) is 22.6 Å². The van der Waals surface area contributed by atoms with E-state index in [0.29, 0.717) is 23.9 Å². The Morgan fingerprint density at radius 3 is 2.90 bits per heavy atom. The van der Waals surface area contributed by atoms with Crippen molar-refractivity contribution in [2.24, 2.45) is 0 Å². The highest BCUT2D eigenvalue weighted by Crippen LogP contribution is 2.19. The normalized spacial score (nSPS) is 11.1. The van der Waals surface area contributed by atoms with Crippen LogP contribution in [0.5, 0.6) is 0 Å². The van der Waals surface area contributed by atoms with Gasteiger partial charge in [0.25, 0.3) is 0 Å². The molecule has 0 saturated heterocycles. The zero-order chi connectivity index (χ0) is 13.9. The molecule has 0 unspecified atom stereocenters. The monoisotopic (exact) mass is 306 g/mol. The molecule has 3 heterocycles. The highest BCUT2D eigenvalue weighted by molar-refractivity contribution is 6.31. The average Bonchev–Trinajstić information content (AvgIpc) is 2.77. The van der Waals surface area contributed by atoms with Crippen molar-refractivity contribution in [1.82, 2.24) is 19.5 Å². The highest BCUT2D eigenvalue weighted by Gasteiger charge is 2.12. The topological polar surface area (TPSA) is 43.6 Å². The molecule has 0 aromatic carbocycles. The number of hydrogen-bond donors (Lipinski definition) is 0. The van der Waals surface area contributed by atoms with Crippen LogP contribution in [0.3, 0.4) is 0 Å². The predicted molar refractivity (Wildman–Crippen MR) is 80.3 cm³/mol. The van der Waals surface area contributed by atoms with Gasteiger partial charge in [-0.1, -0.05) is 17.7 Å². The first-order chi connectivity index (χ1) is 9.78. The van der Waals surface area contributed by atoms with E-state index in [1.807, 2.05) is 24.4 Å². The Hall–Kier alpha value is -1.65. The Morgan fingerprint density at radius 2 is 2.15 bits per heavy atom. The first-order valence-corrected chi connectivity index (χ1v) is 7.14. The van der Waals surface area contributed by atoms with Gasteiger partial charge in [0, 0.05) is 30.9 Å². The van der Waals surface area contributed by atoms with Crippen LogP contribution in [0.4, 0.5) is 0 Å². The molecule has 0 aliphatic carbocycles. The van der Waals surface area contributed by atoms with Crippen LogP contribution in [-0.4, -0.2) is 25.4 Å². The fraction of sp³-hybridized carbons (Fsp3) is 0.214. The van der Waals surface area contributed by atoms with Gasteiger partial charge in [0.15, 0.2) is 5.65 Å². The van der Waals surface area contributed by atoms with Gasteiger partial charge in [-0.3, -0.25) is 4.98 Å². The fourth-order valence-electron chi connectivity index (χ4n) is 2.15. The van der Waals surface area contributed by atoms with Crippen molar-refractivity contribution in [3.63, 3.8) is 0 Å². The summed E-state index contributed by atoms with van der Waals surface area (Å²) in [6.07, 6.45) is 5.92. The second-order valence-corrected chi connectivity index (χ2v) is 5.23. The molecular weight excluding hydrogens is 295 g/mol. The molecular formula is C14H12Cl2N4. The molecule has 0 fully saturated rings. The molecule has 0 atom stereocenters. The second-order valence-electron chi connectivity index (χ2n) is 4.41. The maximum atomic E-state index is 5.97. The van der Waals surface area contributed by atoms with Crippen molar-refractivity contribution in [1.29, 1.82) is 0 Å². The van der Waals surface area contributed by atoms with Crippen LogP contribution >= 0.6 is 23.2 Å². The zero-order valence-corrected chi connectivity index (χ0v) is 12.1. The number of aryl methyl sites for hydroxylation is 1. The van der Waals surface area contributed by atoms with Gasteiger partial charge in [0.1, 0.15) is 11.3 Å². The van der Waals surface area contributed by atoms with Crippen LogP contribution in [0.15, 0.2) is 36.8 Å². The number of pyridine rings is 2. The average molecular weight is 307 g/mol. The molecule has 3 aromatic rings. The summed E-state index contributed by atoms with van der Waals surface area (Å²) in [6.45, 7) is 0.672. The molecule has 3 aromatic heterocycles. The Balaban J connectivity index is 2.09. The van der Waals surface area contributed by atoms with Crippen LogP contribution in [0.1, 0.15) is 11.4 Å². The summed E-state index contributed by atoms with van der Waals surface area (Å²) in [5.41, 5.74) is 2.71. The first kappa shape index (κ1) is 13.3. The number of aromatic nitrogens is 4. The second kappa shape index (κ2) is 5.77. The molecule has 4 nitrogen and oxygen atoms in total. The lowest BCUT2D eigenvalue weighted by molar-refractivity contribution is 0.745. The minimum Gasteiger partial charge on any atom is -0.308 e. The number of imidazole rings is 1. The summed E-state index contributed by atoms with van der Waals surface area (Å²) in [6, 6.07) is 5.76. The number of nitrogens with zero attached hydrogens (tertiary/aromatic N) is 4. The van der Waals surface area contributed by atoms with E-state index in [2.05, 4.69) is 19.5 Å². The molecule has 0 saturated carbocycles. The van der Waals surface area contributed by atoms with Crippen molar-refractivity contribution >= 4 is 34.4 Å². The lowest BCUT2D eigenvalue weighted by Gasteiger charge is -2.07. The molecule has 0 N–H and O–H groups in total. The predicted octanol–water partition coefficient (Wildman–Crippen LogP) is 3.31. The fourth-order valence-corrected chi connectivity index (χ4v) is 2.47. The summed E-state index contributed by atoms with van der Waals surface area (Å²) < 4.78 is 2.06. The van der Waals surface area contributed by atoms with E-state index in [9.17, 15) is 0 Å². The SMILES string of the molecule is ClCCc1nc2cc(Cl)cnc2n1Cc1cccnc1. The third-order valence-corrected chi connectivity index (χ3v) is 3.41. The van der Waals surface area contributed by atoms with Crippen molar-refractivity contribution in [3.05, 3.63) is 53.2 Å². The van der Waals surface area contributed by atoms with E-state index >= 15 is 0 Å². The smallest absolute Gasteiger partial charge is 0.160 e. The first-order valence-electron chi connectivity index (χ1n) is 6.23. The summed E-state index contributed by atoms with van der Waals surface area (Å²) in [5.74, 6) is 1.43. The van der Waals surface area contributed by atoms with Crippen molar-refractivity contribution in [3.8, 4) is 0 Å². The van der Waals surface area contributed by atoms with Gasteiger partial charge >= 0.3 is 0 Å². The van der Waals surface area contributed by atoms with Gasteiger partial charge in [-0.2, -0.15) is 0 Å². The number of hydrogen-bond acceptors (Lipinski definition) is 3. The van der Waals surface area contributed by atoms with Crippen LogP contribution in [0.2, 0.25) is 5.02 Å².